The van der Waals surface area contributed by atoms with E-state index in [0.717, 1.165) is 6.42 Å². The molecule has 0 aliphatic rings. The van der Waals surface area contributed by atoms with Gasteiger partial charge in [0.25, 0.3) is 5.56 Å². The van der Waals surface area contributed by atoms with Gasteiger partial charge in [0.1, 0.15) is 18.5 Å². The van der Waals surface area contributed by atoms with Crippen molar-refractivity contribution in [3.63, 3.8) is 0 Å². The third-order valence-corrected chi connectivity index (χ3v) is 4.51. The van der Waals surface area contributed by atoms with Crippen LogP contribution in [0.1, 0.15) is 19.4 Å². The molecule has 9 heteroatoms. The molecule has 3 N–H and O–H groups in total. The number of aryl methyl sites for hydroxylation is 2. The van der Waals surface area contributed by atoms with E-state index in [0.29, 0.717) is 18.2 Å². The van der Waals surface area contributed by atoms with Gasteiger partial charge < -0.3 is 19.7 Å². The molecule has 0 aliphatic heterocycles. The van der Waals surface area contributed by atoms with Crippen molar-refractivity contribution in [2.45, 2.75) is 32.9 Å². The molecule has 150 valence electrons. The summed E-state index contributed by atoms with van der Waals surface area (Å²) in [5.41, 5.74) is 0.609. The molecule has 3 rings (SSSR count). The summed E-state index contributed by atoms with van der Waals surface area (Å²) in [4.78, 5) is 30.8. The Morgan fingerprint density at radius 3 is 2.61 bits per heavy atom. The van der Waals surface area contributed by atoms with Gasteiger partial charge in [-0.2, -0.15) is 4.98 Å². The number of nitrogens with one attached hydrogen (secondary N) is 2. The molecule has 1 atom stereocenters. The van der Waals surface area contributed by atoms with Crippen molar-refractivity contribution in [2.75, 3.05) is 18.5 Å². The lowest BCUT2D eigenvalue weighted by Crippen LogP contribution is -2.31. The predicted octanol–water partition coefficient (Wildman–Crippen LogP) is 0.857. The molecule has 2 aromatic heterocycles. The van der Waals surface area contributed by atoms with E-state index in [-0.39, 0.29) is 24.3 Å². The summed E-state index contributed by atoms with van der Waals surface area (Å²) in [5, 5.41) is 13.5. The van der Waals surface area contributed by atoms with Crippen LogP contribution in [0, 0.1) is 0 Å². The maximum absolute atomic E-state index is 12.3. The number of hydrogen-bond acceptors (Lipinski definition) is 6. The number of imidazole rings is 1. The molecule has 0 radical (unpaired) electrons. The van der Waals surface area contributed by atoms with Crippen LogP contribution in [0.25, 0.3) is 11.2 Å². The highest BCUT2D eigenvalue weighted by molar-refractivity contribution is 5.74. The summed E-state index contributed by atoms with van der Waals surface area (Å²) in [6.45, 7) is 4.69. The Morgan fingerprint density at radius 1 is 1.25 bits per heavy atom. The van der Waals surface area contributed by atoms with E-state index >= 15 is 0 Å². The largest absolute Gasteiger partial charge is 0.491 e. The monoisotopic (exact) mass is 387 g/mol. The number of nitrogens with zero attached hydrogens (tertiary/aromatic N) is 3. The minimum atomic E-state index is -0.878. The number of rotatable bonds is 8. The van der Waals surface area contributed by atoms with Gasteiger partial charge in [-0.15, -0.1) is 0 Å². The first-order valence-corrected chi connectivity index (χ1v) is 9.27. The van der Waals surface area contributed by atoms with E-state index in [1.54, 1.807) is 4.57 Å². The van der Waals surface area contributed by atoms with Crippen molar-refractivity contribution in [1.29, 1.82) is 0 Å². The van der Waals surface area contributed by atoms with Crippen LogP contribution < -0.4 is 21.3 Å². The summed E-state index contributed by atoms with van der Waals surface area (Å²) in [6.07, 6.45) is 0.0678. The minimum Gasteiger partial charge on any atom is -0.491 e. The number of aromatic amines is 1. The molecule has 2 heterocycles. The van der Waals surface area contributed by atoms with Gasteiger partial charge in [-0.3, -0.25) is 14.3 Å². The average molecular weight is 387 g/mol. The number of H-pyrrole nitrogens is 1. The van der Waals surface area contributed by atoms with Gasteiger partial charge in [-0.25, -0.2) is 4.79 Å². The van der Waals surface area contributed by atoms with E-state index in [4.69, 9.17) is 4.74 Å². The van der Waals surface area contributed by atoms with Crippen LogP contribution in [0.3, 0.4) is 0 Å². The number of aliphatic hydroxyl groups is 1. The molecule has 0 aliphatic carbocycles. The summed E-state index contributed by atoms with van der Waals surface area (Å²) in [6, 6.07) is 7.69. The number of fused-ring (bicyclic) bond motifs is 1. The molecule has 0 spiro atoms. The van der Waals surface area contributed by atoms with Crippen LogP contribution in [0.2, 0.25) is 0 Å². The Morgan fingerprint density at radius 2 is 1.96 bits per heavy atom. The maximum atomic E-state index is 12.3. The van der Waals surface area contributed by atoms with Crippen LogP contribution in [-0.4, -0.2) is 43.5 Å². The lowest BCUT2D eigenvalue weighted by molar-refractivity contribution is 0.0938. The van der Waals surface area contributed by atoms with E-state index in [1.807, 2.05) is 31.2 Å². The lowest BCUT2D eigenvalue weighted by Gasteiger charge is -2.15. The maximum Gasteiger partial charge on any atom is 0.329 e. The van der Waals surface area contributed by atoms with E-state index in [9.17, 15) is 14.7 Å². The smallest absolute Gasteiger partial charge is 0.329 e. The second kappa shape index (κ2) is 8.30. The second-order valence-corrected chi connectivity index (χ2v) is 6.53. The van der Waals surface area contributed by atoms with Crippen molar-refractivity contribution in [3.8, 4) is 5.75 Å². The van der Waals surface area contributed by atoms with E-state index in [1.165, 1.54) is 17.2 Å². The third kappa shape index (κ3) is 3.94. The Kier molecular flexibility index (Phi) is 5.84. The van der Waals surface area contributed by atoms with Gasteiger partial charge in [0.15, 0.2) is 11.2 Å². The summed E-state index contributed by atoms with van der Waals surface area (Å²) in [7, 11) is 1.53. The molecule has 9 nitrogen and oxygen atoms in total. The number of aromatic nitrogens is 4. The molecule has 0 saturated carbocycles. The van der Waals surface area contributed by atoms with E-state index < -0.39 is 17.4 Å². The van der Waals surface area contributed by atoms with Crippen LogP contribution >= 0.6 is 0 Å². The summed E-state index contributed by atoms with van der Waals surface area (Å²) < 4.78 is 8.50. The molecule has 0 fully saturated rings. The van der Waals surface area contributed by atoms with Crippen molar-refractivity contribution in [2.24, 2.45) is 7.05 Å². The topological polar surface area (TPSA) is 114 Å². The number of aliphatic hydroxyl groups excluding tert-OH is 1. The molecular weight excluding hydrogens is 362 g/mol. The first kappa shape index (κ1) is 19.7. The zero-order valence-corrected chi connectivity index (χ0v) is 16.2. The molecule has 1 aromatic carbocycles. The predicted molar refractivity (Wildman–Crippen MR) is 107 cm³/mol. The quantitative estimate of drug-likeness (QED) is 0.528. The number of benzene rings is 1. The van der Waals surface area contributed by atoms with Gasteiger partial charge >= 0.3 is 5.69 Å². The SMILES string of the molecule is CCNc1nc2c(c(=O)[nH]c(=O)n2C)n1C[C@@H](O)COc1ccc(CC)cc1. The lowest BCUT2D eigenvalue weighted by atomic mass is 10.2. The molecule has 3 aromatic rings. The van der Waals surface area contributed by atoms with Gasteiger partial charge in [-0.05, 0) is 31.0 Å². The molecule has 0 saturated heterocycles. The van der Waals surface area contributed by atoms with Crippen LogP contribution in [-0.2, 0) is 20.0 Å². The molecule has 0 amide bonds. The first-order chi connectivity index (χ1) is 13.4. The zero-order chi connectivity index (χ0) is 20.3. The van der Waals surface area contributed by atoms with Crippen molar-refractivity contribution in [3.05, 3.63) is 50.7 Å². The van der Waals surface area contributed by atoms with Gasteiger partial charge in [-0.1, -0.05) is 19.1 Å². The highest BCUT2D eigenvalue weighted by Crippen LogP contribution is 2.17. The Bertz CT molecular complexity index is 1060. The number of ether oxygens (including phenoxy) is 1. The Labute approximate surface area is 161 Å². The summed E-state index contributed by atoms with van der Waals surface area (Å²) in [5.74, 6) is 1.08. The van der Waals surface area contributed by atoms with Gasteiger partial charge in [0.05, 0.1) is 6.54 Å². The highest BCUT2D eigenvalue weighted by atomic mass is 16.5. The summed E-state index contributed by atoms with van der Waals surface area (Å²) >= 11 is 0. The van der Waals surface area contributed by atoms with Crippen molar-refractivity contribution in [1.82, 2.24) is 19.1 Å². The van der Waals surface area contributed by atoms with Crippen LogP contribution in [0.5, 0.6) is 5.75 Å². The van der Waals surface area contributed by atoms with Gasteiger partial charge in [0, 0.05) is 13.6 Å². The third-order valence-electron chi connectivity index (χ3n) is 4.51. The zero-order valence-electron chi connectivity index (χ0n) is 16.2. The minimum absolute atomic E-state index is 0.0559. The van der Waals surface area contributed by atoms with Crippen LogP contribution in [0.4, 0.5) is 5.95 Å². The number of anilines is 1. The highest BCUT2D eigenvalue weighted by Gasteiger charge is 2.19. The molecule has 28 heavy (non-hydrogen) atoms. The Balaban J connectivity index is 1.83. The van der Waals surface area contributed by atoms with Crippen molar-refractivity contribution >= 4 is 17.1 Å². The fourth-order valence-electron chi connectivity index (χ4n) is 2.98. The normalized spacial score (nSPS) is 12.3. The average Bonchev–Trinajstić information content (AvgIpc) is 3.04. The van der Waals surface area contributed by atoms with Crippen molar-refractivity contribution < 1.29 is 9.84 Å². The second-order valence-electron chi connectivity index (χ2n) is 6.53. The molecule has 0 bridgehead atoms. The van der Waals surface area contributed by atoms with Crippen LogP contribution in [0.15, 0.2) is 33.9 Å². The number of hydrogen-bond donors (Lipinski definition) is 3. The molecule has 0 unspecified atom stereocenters. The van der Waals surface area contributed by atoms with E-state index in [2.05, 4.69) is 22.2 Å². The Hall–Kier alpha value is -3.07. The fraction of sp³-hybridized carbons (Fsp3) is 0.421. The van der Waals surface area contributed by atoms with Gasteiger partial charge in [0.2, 0.25) is 5.95 Å². The molecular formula is C19H25N5O4. The fourth-order valence-corrected chi connectivity index (χ4v) is 2.98. The first-order valence-electron chi connectivity index (χ1n) is 9.27. The standard InChI is InChI=1S/C19H25N5O4/c1-4-12-6-8-14(9-7-12)28-11-13(25)10-24-15-16(21-18(24)20-5-2)23(3)19(27)22-17(15)26/h6-9,13,25H,4-5,10-11H2,1-3H3,(H,20,21)(H,22,26,27)/t13-/m1/s1.